The fourth-order valence-electron chi connectivity index (χ4n) is 2.72. The molecule has 0 bridgehead atoms. The van der Waals surface area contributed by atoms with Crippen LogP contribution in [0.5, 0.6) is 0 Å². The molecule has 1 aromatic carbocycles. The Labute approximate surface area is 149 Å². The summed E-state index contributed by atoms with van der Waals surface area (Å²) in [6.45, 7) is 3.48. The first-order valence-corrected chi connectivity index (χ1v) is 8.48. The molecule has 22 heavy (non-hydrogen) atoms. The summed E-state index contributed by atoms with van der Waals surface area (Å²) in [7, 11) is 0. The molecule has 7 heteroatoms. The van der Waals surface area contributed by atoms with E-state index in [0.717, 1.165) is 31.7 Å². The van der Waals surface area contributed by atoms with Crippen LogP contribution < -0.4 is 5.32 Å². The van der Waals surface area contributed by atoms with Gasteiger partial charge in [0, 0.05) is 31.7 Å². The van der Waals surface area contributed by atoms with E-state index in [4.69, 9.17) is 23.2 Å². The Morgan fingerprint density at radius 3 is 2.55 bits per heavy atom. The normalized spacial score (nSPS) is 17.0. The molecule has 0 saturated carbocycles. The maximum absolute atomic E-state index is 14.4. The summed E-state index contributed by atoms with van der Waals surface area (Å²) in [5.41, 5.74) is 1.54. The van der Waals surface area contributed by atoms with Gasteiger partial charge in [-0.15, -0.1) is 12.4 Å². The zero-order valence-corrected chi connectivity index (χ0v) is 14.8. The highest BCUT2D eigenvalue weighted by Crippen LogP contribution is 2.39. The lowest BCUT2D eigenvalue weighted by molar-refractivity contribution is 0.196. The number of halogens is 4. The Morgan fingerprint density at radius 1 is 1.18 bits per heavy atom. The SMILES string of the molecule is Cl.Fc1ccc(Cl)c(Cl)c1[C@@H](c1ccsc1)N1CCNCC1. The number of hydrogen-bond acceptors (Lipinski definition) is 3. The number of nitrogens with zero attached hydrogens (tertiary/aromatic N) is 1. The van der Waals surface area contributed by atoms with Crippen molar-refractivity contribution in [1.29, 1.82) is 0 Å². The molecule has 0 aliphatic carbocycles. The van der Waals surface area contributed by atoms with E-state index in [1.165, 1.54) is 12.1 Å². The third-order valence-corrected chi connectivity index (χ3v) is 5.25. The largest absolute Gasteiger partial charge is 0.314 e. The first-order valence-electron chi connectivity index (χ1n) is 6.78. The first-order chi connectivity index (χ1) is 10.2. The molecule has 1 fully saturated rings. The van der Waals surface area contributed by atoms with E-state index in [-0.39, 0.29) is 24.3 Å². The van der Waals surface area contributed by atoms with Crippen LogP contribution in [-0.4, -0.2) is 31.1 Å². The molecule has 2 heterocycles. The molecule has 1 aliphatic heterocycles. The van der Waals surface area contributed by atoms with Crippen molar-refractivity contribution in [2.45, 2.75) is 6.04 Å². The summed E-state index contributed by atoms with van der Waals surface area (Å²) in [5, 5.41) is 8.06. The van der Waals surface area contributed by atoms with Gasteiger partial charge >= 0.3 is 0 Å². The Hall–Kier alpha value is -0.360. The number of thiophene rings is 1. The van der Waals surface area contributed by atoms with Crippen molar-refractivity contribution in [3.63, 3.8) is 0 Å². The Kier molecular flexibility index (Phi) is 6.50. The molecular formula is C15H16Cl3FN2S. The van der Waals surface area contributed by atoms with Crippen LogP contribution in [0.4, 0.5) is 4.39 Å². The van der Waals surface area contributed by atoms with Crippen LogP contribution in [0.3, 0.4) is 0 Å². The van der Waals surface area contributed by atoms with Crippen LogP contribution in [0.15, 0.2) is 29.0 Å². The van der Waals surface area contributed by atoms with E-state index in [1.807, 2.05) is 16.8 Å². The maximum atomic E-state index is 14.4. The van der Waals surface area contributed by atoms with Gasteiger partial charge in [-0.25, -0.2) is 4.39 Å². The lowest BCUT2D eigenvalue weighted by Gasteiger charge is -2.35. The molecule has 120 valence electrons. The zero-order valence-electron chi connectivity index (χ0n) is 11.7. The van der Waals surface area contributed by atoms with E-state index < -0.39 is 0 Å². The lowest BCUT2D eigenvalue weighted by atomic mass is 9.98. The van der Waals surface area contributed by atoms with Gasteiger partial charge in [-0.2, -0.15) is 11.3 Å². The summed E-state index contributed by atoms with van der Waals surface area (Å²) < 4.78 is 14.4. The fourth-order valence-corrected chi connectivity index (χ4v) is 3.82. The Morgan fingerprint density at radius 2 is 1.91 bits per heavy atom. The molecule has 1 saturated heterocycles. The standard InChI is InChI=1S/C15H15Cl2FN2S.ClH/c16-11-1-2-12(18)13(14(11)17)15(10-3-8-21-9-10)20-6-4-19-5-7-20;/h1-3,8-9,15,19H,4-7H2;1H/t15-;/m1./s1. The van der Waals surface area contributed by atoms with Gasteiger partial charge in [-0.1, -0.05) is 23.2 Å². The number of nitrogens with one attached hydrogen (secondary N) is 1. The number of piperazine rings is 1. The zero-order chi connectivity index (χ0) is 14.8. The first kappa shape index (κ1) is 18.0. The van der Waals surface area contributed by atoms with Gasteiger partial charge in [0.1, 0.15) is 5.82 Å². The third kappa shape index (κ3) is 3.58. The maximum Gasteiger partial charge on any atom is 0.129 e. The van der Waals surface area contributed by atoms with Gasteiger partial charge in [-0.3, -0.25) is 4.90 Å². The summed E-state index contributed by atoms with van der Waals surface area (Å²) in [5.74, 6) is -0.306. The molecule has 0 spiro atoms. The number of rotatable bonds is 3. The molecule has 2 nitrogen and oxygen atoms in total. The smallest absolute Gasteiger partial charge is 0.129 e. The van der Waals surface area contributed by atoms with E-state index in [2.05, 4.69) is 10.2 Å². The Bertz CT molecular complexity index is 616. The Balaban J connectivity index is 0.00000176. The van der Waals surface area contributed by atoms with Gasteiger partial charge in [0.2, 0.25) is 0 Å². The minimum absolute atomic E-state index is 0. The minimum atomic E-state index is -0.306. The molecular weight excluding hydrogens is 366 g/mol. The topological polar surface area (TPSA) is 15.3 Å². The third-order valence-electron chi connectivity index (χ3n) is 3.73. The minimum Gasteiger partial charge on any atom is -0.314 e. The number of hydrogen-bond donors (Lipinski definition) is 1. The number of benzene rings is 1. The molecule has 1 atom stereocenters. The van der Waals surface area contributed by atoms with Crippen LogP contribution in [0.1, 0.15) is 17.2 Å². The van der Waals surface area contributed by atoms with Gasteiger partial charge in [0.05, 0.1) is 16.1 Å². The summed E-state index contributed by atoms with van der Waals surface area (Å²) in [6.07, 6.45) is 0. The van der Waals surface area contributed by atoms with Gasteiger partial charge < -0.3 is 5.32 Å². The molecule has 1 aromatic heterocycles. The molecule has 0 amide bonds. The highest BCUT2D eigenvalue weighted by Gasteiger charge is 2.29. The van der Waals surface area contributed by atoms with Crippen molar-refractivity contribution in [1.82, 2.24) is 10.2 Å². The van der Waals surface area contributed by atoms with Gasteiger partial charge in [0.25, 0.3) is 0 Å². The second-order valence-electron chi connectivity index (χ2n) is 5.00. The quantitative estimate of drug-likeness (QED) is 0.781. The highest BCUT2D eigenvalue weighted by molar-refractivity contribution is 7.08. The summed E-state index contributed by atoms with van der Waals surface area (Å²) in [4.78, 5) is 2.25. The average Bonchev–Trinajstić information content (AvgIpc) is 3.02. The molecule has 1 aliphatic rings. The lowest BCUT2D eigenvalue weighted by Crippen LogP contribution is -2.45. The van der Waals surface area contributed by atoms with Crippen LogP contribution >= 0.6 is 46.9 Å². The molecule has 1 N–H and O–H groups in total. The van der Waals surface area contributed by atoms with E-state index in [9.17, 15) is 4.39 Å². The monoisotopic (exact) mass is 380 g/mol. The van der Waals surface area contributed by atoms with Crippen LogP contribution in [0, 0.1) is 5.82 Å². The fraction of sp³-hybridized carbons (Fsp3) is 0.333. The highest BCUT2D eigenvalue weighted by atomic mass is 35.5. The second kappa shape index (κ2) is 7.95. The van der Waals surface area contributed by atoms with Gasteiger partial charge in [-0.05, 0) is 34.5 Å². The summed E-state index contributed by atoms with van der Waals surface area (Å²) in [6, 6.07) is 4.73. The van der Waals surface area contributed by atoms with Crippen molar-refractivity contribution < 1.29 is 4.39 Å². The molecule has 0 unspecified atom stereocenters. The van der Waals surface area contributed by atoms with Crippen LogP contribution in [0.2, 0.25) is 10.0 Å². The van der Waals surface area contributed by atoms with Crippen LogP contribution in [-0.2, 0) is 0 Å². The van der Waals surface area contributed by atoms with Gasteiger partial charge in [0.15, 0.2) is 0 Å². The molecule has 0 radical (unpaired) electrons. The molecule has 2 aromatic rings. The predicted octanol–water partition coefficient (Wildman–Crippen LogP) is 4.61. The average molecular weight is 382 g/mol. The van der Waals surface area contributed by atoms with Crippen molar-refractivity contribution in [3.05, 3.63) is 55.9 Å². The van der Waals surface area contributed by atoms with Crippen LogP contribution in [0.25, 0.3) is 0 Å². The van der Waals surface area contributed by atoms with Crippen molar-refractivity contribution in [2.75, 3.05) is 26.2 Å². The van der Waals surface area contributed by atoms with E-state index in [0.29, 0.717) is 15.6 Å². The van der Waals surface area contributed by atoms with Crippen molar-refractivity contribution in [3.8, 4) is 0 Å². The van der Waals surface area contributed by atoms with Crippen molar-refractivity contribution in [2.24, 2.45) is 0 Å². The summed E-state index contributed by atoms with van der Waals surface area (Å²) >= 11 is 14.0. The van der Waals surface area contributed by atoms with E-state index in [1.54, 1.807) is 11.3 Å². The second-order valence-corrected chi connectivity index (χ2v) is 6.57. The molecule has 3 rings (SSSR count). The predicted molar refractivity (Wildman–Crippen MR) is 94.3 cm³/mol. The van der Waals surface area contributed by atoms with E-state index >= 15 is 0 Å². The van der Waals surface area contributed by atoms with Crippen molar-refractivity contribution >= 4 is 46.9 Å².